The molecule has 0 spiro atoms. The second-order valence-corrected chi connectivity index (χ2v) is 8.37. The molecule has 2 N–H and O–H groups in total. The van der Waals surface area contributed by atoms with Crippen LogP contribution in [0.2, 0.25) is 0 Å². The largest absolute Gasteiger partial charge is 0.514 e. The fourth-order valence-electron chi connectivity index (χ4n) is 4.10. The van der Waals surface area contributed by atoms with Crippen LogP contribution in [-0.2, 0) is 17.5 Å². The molecule has 1 amide bonds. The Morgan fingerprint density at radius 1 is 1.05 bits per heavy atom. The Morgan fingerprint density at radius 3 is 2.54 bits per heavy atom. The van der Waals surface area contributed by atoms with E-state index < -0.39 is 47.4 Å². The molecule has 3 aromatic heterocycles. The lowest BCUT2D eigenvalue weighted by Gasteiger charge is -2.20. The second kappa shape index (κ2) is 9.97. The van der Waals surface area contributed by atoms with Crippen molar-refractivity contribution >= 4 is 34.0 Å². The van der Waals surface area contributed by atoms with E-state index in [0.29, 0.717) is 11.6 Å². The zero-order valence-electron chi connectivity index (χ0n) is 20.2. The number of aromatic nitrogens is 3. The number of pyridine rings is 2. The van der Waals surface area contributed by atoms with E-state index in [1.165, 1.54) is 12.1 Å². The summed E-state index contributed by atoms with van der Waals surface area (Å²) < 4.78 is 51.6. The number of benzene rings is 2. The summed E-state index contributed by atoms with van der Waals surface area (Å²) in [6.45, 7) is -0.420. The van der Waals surface area contributed by atoms with E-state index in [0.717, 1.165) is 28.6 Å². The number of H-pyrrole nitrogens is 1. The molecule has 0 bridgehead atoms. The van der Waals surface area contributed by atoms with Gasteiger partial charge in [0.1, 0.15) is 5.69 Å². The molecule has 0 saturated heterocycles. The number of carbonyl (C=O) groups is 2. The Bertz CT molecular complexity index is 1780. The lowest BCUT2D eigenvalue weighted by Crippen LogP contribution is -2.29. The molecule has 2 aromatic carbocycles. The standard InChI is InChI=1S/C27H19F3N4O5/c1-38-26(37)39-25-19(14-32-24(36)16-8-7-15-11-12-31-20(15)13-16)22(35)18-9-10-21(27(28,29)30)33-23(18)34(25)17-5-3-2-4-6-17/h2-13,31H,14H2,1H3,(H,32,36). The number of aromatic amines is 1. The molecule has 0 aliphatic carbocycles. The highest BCUT2D eigenvalue weighted by molar-refractivity contribution is 5.98. The SMILES string of the molecule is COC(=O)Oc1c(CNC(=O)c2ccc3cc[nH]c3c2)c(=O)c2ccc(C(F)(F)F)nc2n1-c1ccccc1. The Hall–Kier alpha value is -5.13. The lowest BCUT2D eigenvalue weighted by atomic mass is 10.1. The number of nitrogens with one attached hydrogen (secondary N) is 2. The number of carbonyl (C=O) groups excluding carboxylic acids is 2. The van der Waals surface area contributed by atoms with E-state index in [1.54, 1.807) is 42.6 Å². The maximum absolute atomic E-state index is 13.5. The van der Waals surface area contributed by atoms with Crippen LogP contribution in [-0.4, -0.2) is 33.7 Å². The van der Waals surface area contributed by atoms with Crippen molar-refractivity contribution in [2.24, 2.45) is 0 Å². The Morgan fingerprint density at radius 2 is 1.82 bits per heavy atom. The minimum absolute atomic E-state index is 0.180. The summed E-state index contributed by atoms with van der Waals surface area (Å²) in [4.78, 5) is 45.4. The molecule has 198 valence electrons. The van der Waals surface area contributed by atoms with Crippen LogP contribution >= 0.6 is 0 Å². The number of hydrogen-bond acceptors (Lipinski definition) is 6. The summed E-state index contributed by atoms with van der Waals surface area (Å²) in [5, 5.41) is 3.34. The summed E-state index contributed by atoms with van der Waals surface area (Å²) in [5.41, 5.74) is -1.36. The third kappa shape index (κ3) is 4.91. The van der Waals surface area contributed by atoms with E-state index in [1.807, 2.05) is 6.07 Å². The van der Waals surface area contributed by atoms with Crippen LogP contribution in [0.4, 0.5) is 18.0 Å². The van der Waals surface area contributed by atoms with E-state index in [9.17, 15) is 27.6 Å². The molecule has 0 aliphatic rings. The smallest absolute Gasteiger partial charge is 0.437 e. The van der Waals surface area contributed by atoms with Gasteiger partial charge in [-0.25, -0.2) is 9.78 Å². The summed E-state index contributed by atoms with van der Waals surface area (Å²) in [5.74, 6) is -0.982. The predicted octanol–water partition coefficient (Wildman–Crippen LogP) is 4.96. The zero-order valence-corrected chi connectivity index (χ0v) is 20.2. The molecule has 3 heterocycles. The number of para-hydroxylation sites is 1. The third-order valence-corrected chi connectivity index (χ3v) is 5.96. The van der Waals surface area contributed by atoms with Gasteiger partial charge in [0.2, 0.25) is 5.88 Å². The second-order valence-electron chi connectivity index (χ2n) is 8.37. The van der Waals surface area contributed by atoms with Gasteiger partial charge in [-0.1, -0.05) is 24.3 Å². The highest BCUT2D eigenvalue weighted by atomic mass is 19.4. The molecule has 0 atom stereocenters. The van der Waals surface area contributed by atoms with Gasteiger partial charge in [0.05, 0.1) is 30.3 Å². The summed E-state index contributed by atoms with van der Waals surface area (Å²) in [7, 11) is 1.03. The lowest BCUT2D eigenvalue weighted by molar-refractivity contribution is -0.141. The number of rotatable bonds is 5. The van der Waals surface area contributed by atoms with E-state index >= 15 is 0 Å². The fraction of sp³-hybridized carbons (Fsp3) is 0.111. The van der Waals surface area contributed by atoms with Crippen molar-refractivity contribution in [2.45, 2.75) is 12.7 Å². The normalized spacial score (nSPS) is 11.5. The van der Waals surface area contributed by atoms with Gasteiger partial charge in [-0.3, -0.25) is 14.2 Å². The van der Waals surface area contributed by atoms with Crippen LogP contribution in [0.3, 0.4) is 0 Å². The van der Waals surface area contributed by atoms with Gasteiger partial charge in [0.15, 0.2) is 11.1 Å². The van der Waals surface area contributed by atoms with Crippen LogP contribution in [0.25, 0.3) is 27.6 Å². The van der Waals surface area contributed by atoms with Gasteiger partial charge >= 0.3 is 12.3 Å². The van der Waals surface area contributed by atoms with Crippen LogP contribution in [0, 0.1) is 0 Å². The van der Waals surface area contributed by atoms with Gasteiger partial charge in [-0.05, 0) is 47.9 Å². The average Bonchev–Trinajstić information content (AvgIpc) is 3.40. The minimum atomic E-state index is -4.80. The molecular weight excluding hydrogens is 517 g/mol. The Labute approximate surface area is 217 Å². The van der Waals surface area contributed by atoms with Gasteiger partial charge in [-0.2, -0.15) is 13.2 Å². The van der Waals surface area contributed by atoms with Crippen molar-refractivity contribution in [1.29, 1.82) is 0 Å². The number of halogens is 3. The molecule has 0 saturated carbocycles. The number of ether oxygens (including phenoxy) is 2. The van der Waals surface area contributed by atoms with E-state index in [2.05, 4.69) is 20.0 Å². The van der Waals surface area contributed by atoms with Crippen LogP contribution in [0.1, 0.15) is 21.6 Å². The minimum Gasteiger partial charge on any atom is -0.437 e. The average molecular weight is 536 g/mol. The number of nitrogens with zero attached hydrogens (tertiary/aromatic N) is 2. The van der Waals surface area contributed by atoms with Crippen molar-refractivity contribution in [3.05, 3.63) is 100.0 Å². The highest BCUT2D eigenvalue weighted by Crippen LogP contribution is 2.32. The van der Waals surface area contributed by atoms with Gasteiger partial charge in [-0.15, -0.1) is 0 Å². The Balaban J connectivity index is 1.68. The number of hydrogen-bond donors (Lipinski definition) is 2. The highest BCUT2D eigenvalue weighted by Gasteiger charge is 2.34. The molecule has 39 heavy (non-hydrogen) atoms. The van der Waals surface area contributed by atoms with Crippen molar-refractivity contribution in [3.8, 4) is 11.6 Å². The summed E-state index contributed by atoms with van der Waals surface area (Å²) >= 11 is 0. The summed E-state index contributed by atoms with van der Waals surface area (Å²) in [6, 6.07) is 16.4. The first-order valence-electron chi connectivity index (χ1n) is 11.5. The fourth-order valence-corrected chi connectivity index (χ4v) is 4.10. The van der Waals surface area contributed by atoms with E-state index in [4.69, 9.17) is 4.74 Å². The quantitative estimate of drug-likeness (QED) is 0.307. The van der Waals surface area contributed by atoms with Crippen LogP contribution < -0.4 is 15.5 Å². The first-order chi connectivity index (χ1) is 18.7. The monoisotopic (exact) mass is 536 g/mol. The van der Waals surface area contributed by atoms with Crippen molar-refractivity contribution < 1.29 is 32.2 Å². The van der Waals surface area contributed by atoms with Crippen molar-refractivity contribution in [3.63, 3.8) is 0 Å². The number of methoxy groups -OCH3 is 1. The molecule has 5 rings (SSSR count). The summed E-state index contributed by atoms with van der Waals surface area (Å²) in [6.07, 6.45) is -4.31. The molecule has 0 aliphatic heterocycles. The molecule has 5 aromatic rings. The zero-order chi connectivity index (χ0) is 27.7. The number of alkyl halides is 3. The third-order valence-electron chi connectivity index (χ3n) is 5.96. The molecule has 12 heteroatoms. The molecule has 0 unspecified atom stereocenters. The maximum atomic E-state index is 13.5. The molecular formula is C27H19F3N4O5. The van der Waals surface area contributed by atoms with Crippen molar-refractivity contribution in [2.75, 3.05) is 7.11 Å². The van der Waals surface area contributed by atoms with Gasteiger partial charge in [0.25, 0.3) is 5.91 Å². The first kappa shape index (κ1) is 25.5. The predicted molar refractivity (Wildman–Crippen MR) is 135 cm³/mol. The molecule has 0 radical (unpaired) electrons. The Kier molecular flexibility index (Phi) is 6.52. The maximum Gasteiger partial charge on any atom is 0.514 e. The molecule has 9 nitrogen and oxygen atoms in total. The number of fused-ring (bicyclic) bond motifs is 2. The number of amides is 1. The van der Waals surface area contributed by atoms with E-state index in [-0.39, 0.29) is 16.6 Å². The molecule has 0 fully saturated rings. The first-order valence-corrected chi connectivity index (χ1v) is 11.5. The topological polar surface area (TPSA) is 115 Å². The van der Waals surface area contributed by atoms with Crippen LogP contribution in [0.15, 0.2) is 77.7 Å². The van der Waals surface area contributed by atoms with Crippen LogP contribution in [0.5, 0.6) is 5.88 Å². The van der Waals surface area contributed by atoms with Gasteiger partial charge < -0.3 is 19.8 Å². The van der Waals surface area contributed by atoms with Gasteiger partial charge in [0, 0.05) is 17.3 Å². The van der Waals surface area contributed by atoms with Crippen molar-refractivity contribution in [1.82, 2.24) is 19.9 Å².